The van der Waals surface area contributed by atoms with Gasteiger partial charge in [-0.05, 0) is 31.7 Å². The number of likely N-dealkylation sites (tertiary alicyclic amines) is 1. The highest BCUT2D eigenvalue weighted by atomic mass is 32.1. The summed E-state index contributed by atoms with van der Waals surface area (Å²) in [5.74, 6) is 6.84. The highest BCUT2D eigenvalue weighted by Crippen LogP contribution is 2.25. The summed E-state index contributed by atoms with van der Waals surface area (Å²) in [4.78, 5) is 4.01. The van der Waals surface area contributed by atoms with Crippen molar-refractivity contribution in [3.05, 3.63) is 21.9 Å². The maximum Gasteiger partial charge on any atom is 0.0555 e. The summed E-state index contributed by atoms with van der Waals surface area (Å²) in [7, 11) is 0. The molecule has 18 heavy (non-hydrogen) atoms. The summed E-state index contributed by atoms with van der Waals surface area (Å²) in [6.07, 6.45) is 2.70. The zero-order valence-electron chi connectivity index (χ0n) is 11.3. The Hall–Kier alpha value is -0.820. The molecule has 98 valence electrons. The maximum atomic E-state index is 5.39. The maximum absolute atomic E-state index is 5.39. The lowest BCUT2D eigenvalue weighted by molar-refractivity contribution is 0.118. The summed E-state index contributed by atoms with van der Waals surface area (Å²) >= 11 is 1.81. The highest BCUT2D eigenvalue weighted by Gasteiger charge is 2.22. The van der Waals surface area contributed by atoms with Crippen LogP contribution in [0.1, 0.15) is 37.1 Å². The number of nitrogens with two attached hydrogens (primary N) is 1. The van der Waals surface area contributed by atoms with Crippen LogP contribution in [-0.4, -0.2) is 24.0 Å². The van der Waals surface area contributed by atoms with Gasteiger partial charge in [-0.1, -0.05) is 18.8 Å². The molecular formula is C15H22N2S. The summed E-state index contributed by atoms with van der Waals surface area (Å²) in [6, 6.07) is 2.92. The molecule has 0 saturated carbocycles. The lowest BCUT2D eigenvalue weighted by atomic mass is 9.95. The van der Waals surface area contributed by atoms with Crippen molar-refractivity contribution in [1.29, 1.82) is 0 Å². The molecule has 0 bridgehead atoms. The Bertz CT molecular complexity index is 441. The first kappa shape index (κ1) is 13.6. The average Bonchev–Trinajstić information content (AvgIpc) is 2.79. The molecule has 1 fully saturated rings. The van der Waals surface area contributed by atoms with E-state index >= 15 is 0 Å². The lowest BCUT2D eigenvalue weighted by Gasteiger charge is -2.36. The predicted octanol–water partition coefficient (Wildman–Crippen LogP) is 2.68. The van der Waals surface area contributed by atoms with E-state index in [4.69, 9.17) is 5.73 Å². The van der Waals surface area contributed by atoms with Crippen LogP contribution in [0.4, 0.5) is 0 Å². The van der Waals surface area contributed by atoms with E-state index < -0.39 is 0 Å². The number of rotatable bonds is 2. The molecule has 1 aliphatic rings. The van der Waals surface area contributed by atoms with Crippen LogP contribution in [0, 0.1) is 17.8 Å². The van der Waals surface area contributed by atoms with E-state index in [-0.39, 0.29) is 0 Å². The second kappa shape index (κ2) is 6.38. The third kappa shape index (κ3) is 3.58. The zero-order valence-corrected chi connectivity index (χ0v) is 12.1. The van der Waals surface area contributed by atoms with Gasteiger partial charge in [0.1, 0.15) is 0 Å². The molecule has 1 aromatic rings. The molecule has 2 N–H and O–H groups in total. The molecule has 1 aliphatic heterocycles. The van der Waals surface area contributed by atoms with Crippen molar-refractivity contribution in [1.82, 2.24) is 4.90 Å². The van der Waals surface area contributed by atoms with Gasteiger partial charge in [-0.15, -0.1) is 11.3 Å². The quantitative estimate of drug-likeness (QED) is 0.830. The monoisotopic (exact) mass is 262 g/mol. The Labute approximate surface area is 114 Å². The third-order valence-corrected chi connectivity index (χ3v) is 4.52. The van der Waals surface area contributed by atoms with Crippen molar-refractivity contribution >= 4 is 11.3 Å². The molecule has 1 saturated heterocycles. The van der Waals surface area contributed by atoms with Crippen LogP contribution < -0.4 is 5.73 Å². The standard InChI is InChI=1S/C15H22N2S/c1-12-5-6-13(2)17(9-12)10-15-8-14(11-18-15)4-3-7-16/h8,11-13H,5-7,9-10,16H2,1-2H3. The van der Waals surface area contributed by atoms with Crippen molar-refractivity contribution in [3.8, 4) is 11.8 Å². The molecule has 2 nitrogen and oxygen atoms in total. The molecule has 2 atom stereocenters. The number of thiophene rings is 1. The van der Waals surface area contributed by atoms with E-state index in [0.29, 0.717) is 12.6 Å². The van der Waals surface area contributed by atoms with Crippen molar-refractivity contribution in [2.75, 3.05) is 13.1 Å². The van der Waals surface area contributed by atoms with Crippen molar-refractivity contribution in [2.24, 2.45) is 11.7 Å². The molecule has 1 aromatic heterocycles. The van der Waals surface area contributed by atoms with Crippen LogP contribution in [0.5, 0.6) is 0 Å². The van der Waals surface area contributed by atoms with Gasteiger partial charge in [-0.2, -0.15) is 0 Å². The first-order valence-electron chi connectivity index (χ1n) is 6.69. The minimum Gasteiger partial charge on any atom is -0.320 e. The molecule has 0 radical (unpaired) electrons. The molecule has 0 amide bonds. The highest BCUT2D eigenvalue weighted by molar-refractivity contribution is 7.10. The van der Waals surface area contributed by atoms with Gasteiger partial charge in [0.15, 0.2) is 0 Å². The molecule has 2 heterocycles. The van der Waals surface area contributed by atoms with Crippen LogP contribution in [0.2, 0.25) is 0 Å². The van der Waals surface area contributed by atoms with Crippen LogP contribution in [-0.2, 0) is 6.54 Å². The Morgan fingerprint density at radius 2 is 2.28 bits per heavy atom. The van der Waals surface area contributed by atoms with Crippen LogP contribution >= 0.6 is 11.3 Å². The molecule has 2 unspecified atom stereocenters. The van der Waals surface area contributed by atoms with Crippen LogP contribution in [0.15, 0.2) is 11.4 Å². The van der Waals surface area contributed by atoms with E-state index in [1.807, 2.05) is 11.3 Å². The van der Waals surface area contributed by atoms with Crippen LogP contribution in [0.25, 0.3) is 0 Å². The molecular weight excluding hydrogens is 240 g/mol. The summed E-state index contributed by atoms with van der Waals surface area (Å²) in [6.45, 7) is 7.43. The van der Waals surface area contributed by atoms with Gasteiger partial charge < -0.3 is 5.73 Å². The molecule has 0 aliphatic carbocycles. The van der Waals surface area contributed by atoms with E-state index in [1.165, 1.54) is 24.3 Å². The van der Waals surface area contributed by atoms with Gasteiger partial charge >= 0.3 is 0 Å². The molecule has 0 spiro atoms. The van der Waals surface area contributed by atoms with Gasteiger partial charge in [0.05, 0.1) is 6.54 Å². The van der Waals surface area contributed by atoms with Gasteiger partial charge in [0, 0.05) is 35.0 Å². The predicted molar refractivity (Wildman–Crippen MR) is 78.5 cm³/mol. The first-order valence-corrected chi connectivity index (χ1v) is 7.57. The van der Waals surface area contributed by atoms with Crippen LogP contribution in [0.3, 0.4) is 0 Å². The summed E-state index contributed by atoms with van der Waals surface area (Å²) in [5.41, 5.74) is 6.50. The minimum absolute atomic E-state index is 0.436. The van der Waals surface area contributed by atoms with E-state index in [9.17, 15) is 0 Å². The number of hydrogen-bond acceptors (Lipinski definition) is 3. The number of hydrogen-bond donors (Lipinski definition) is 1. The lowest BCUT2D eigenvalue weighted by Crippen LogP contribution is -2.40. The van der Waals surface area contributed by atoms with E-state index in [2.05, 4.69) is 42.0 Å². The largest absolute Gasteiger partial charge is 0.320 e. The Kier molecular flexibility index (Phi) is 4.82. The van der Waals surface area contributed by atoms with E-state index in [0.717, 1.165) is 18.0 Å². The average molecular weight is 262 g/mol. The SMILES string of the molecule is CC1CCC(C)N(Cc2cc(C#CCN)cs2)C1. The zero-order chi connectivity index (χ0) is 13.0. The summed E-state index contributed by atoms with van der Waals surface area (Å²) < 4.78 is 0. The van der Waals surface area contributed by atoms with Gasteiger partial charge in [0.2, 0.25) is 0 Å². The Morgan fingerprint density at radius 3 is 3.06 bits per heavy atom. The number of nitrogens with zero attached hydrogens (tertiary/aromatic N) is 1. The van der Waals surface area contributed by atoms with Gasteiger partial charge in [-0.25, -0.2) is 0 Å². The first-order chi connectivity index (χ1) is 8.69. The molecule has 0 aromatic carbocycles. The molecule has 3 heteroatoms. The second-order valence-corrected chi connectivity index (χ2v) is 6.26. The second-order valence-electron chi connectivity index (χ2n) is 5.27. The normalized spacial score (nSPS) is 24.6. The fourth-order valence-electron chi connectivity index (χ4n) is 2.48. The van der Waals surface area contributed by atoms with Crippen molar-refractivity contribution in [3.63, 3.8) is 0 Å². The van der Waals surface area contributed by atoms with Gasteiger partial charge in [-0.3, -0.25) is 4.90 Å². The van der Waals surface area contributed by atoms with Gasteiger partial charge in [0.25, 0.3) is 0 Å². The topological polar surface area (TPSA) is 29.3 Å². The van der Waals surface area contributed by atoms with Crippen molar-refractivity contribution in [2.45, 2.75) is 39.3 Å². The molecule has 2 rings (SSSR count). The Balaban J connectivity index is 1.98. The summed E-state index contributed by atoms with van der Waals surface area (Å²) in [5, 5.41) is 2.13. The minimum atomic E-state index is 0.436. The fourth-order valence-corrected chi connectivity index (χ4v) is 3.32. The van der Waals surface area contributed by atoms with Crippen molar-refractivity contribution < 1.29 is 0 Å². The smallest absolute Gasteiger partial charge is 0.0555 e. The third-order valence-electron chi connectivity index (χ3n) is 3.59. The Morgan fingerprint density at radius 1 is 1.44 bits per heavy atom. The number of piperidine rings is 1. The fraction of sp³-hybridized carbons (Fsp3) is 0.600. The van der Waals surface area contributed by atoms with E-state index in [1.54, 1.807) is 0 Å².